The van der Waals surface area contributed by atoms with Crippen LogP contribution in [-0.4, -0.2) is 25.9 Å². The summed E-state index contributed by atoms with van der Waals surface area (Å²) in [6.45, 7) is 2.51. The van der Waals surface area contributed by atoms with Crippen molar-refractivity contribution in [3.8, 4) is 22.8 Å². The average molecular weight is 262 g/mol. The van der Waals surface area contributed by atoms with Crippen LogP contribution in [0, 0.1) is 6.92 Å². The smallest absolute Gasteiger partial charge is 0.173 e. The van der Waals surface area contributed by atoms with Crippen molar-refractivity contribution in [3.63, 3.8) is 0 Å². The molecule has 0 saturated heterocycles. The molecule has 0 atom stereocenters. The zero-order chi connectivity index (χ0) is 13.8. The van der Waals surface area contributed by atoms with Crippen LogP contribution in [0.1, 0.15) is 11.1 Å². The fraction of sp³-hybridized carbons (Fsp3) is 0.357. The van der Waals surface area contributed by atoms with Gasteiger partial charge in [-0.25, -0.2) is 0 Å². The Morgan fingerprint density at radius 3 is 2.58 bits per heavy atom. The molecule has 5 nitrogen and oxygen atoms in total. The molecule has 2 N–H and O–H groups in total. The highest BCUT2D eigenvalue weighted by atomic mass is 16.5. The Hall–Kier alpha value is -2.01. The van der Waals surface area contributed by atoms with Crippen LogP contribution in [0.15, 0.2) is 22.9 Å². The Morgan fingerprint density at radius 1 is 1.21 bits per heavy atom. The molecule has 19 heavy (non-hydrogen) atoms. The Morgan fingerprint density at radius 2 is 1.95 bits per heavy atom. The molecule has 0 aliphatic rings. The molecule has 5 heteroatoms. The first-order valence-corrected chi connectivity index (χ1v) is 6.07. The third-order valence-electron chi connectivity index (χ3n) is 3.02. The average Bonchev–Trinajstić information content (AvgIpc) is 2.87. The van der Waals surface area contributed by atoms with Crippen molar-refractivity contribution in [1.82, 2.24) is 5.16 Å². The third kappa shape index (κ3) is 2.56. The molecular formula is C14H18N2O3. The van der Waals surface area contributed by atoms with Gasteiger partial charge in [0, 0.05) is 5.56 Å². The second kappa shape index (κ2) is 5.75. The van der Waals surface area contributed by atoms with Gasteiger partial charge in [-0.05, 0) is 37.6 Å². The monoisotopic (exact) mass is 262 g/mol. The fourth-order valence-corrected chi connectivity index (χ4v) is 2.04. The summed E-state index contributed by atoms with van der Waals surface area (Å²) in [4.78, 5) is 0. The van der Waals surface area contributed by atoms with E-state index < -0.39 is 0 Å². The normalized spacial score (nSPS) is 10.5. The molecule has 0 fully saturated rings. The van der Waals surface area contributed by atoms with Crippen molar-refractivity contribution in [3.05, 3.63) is 29.5 Å². The van der Waals surface area contributed by atoms with Gasteiger partial charge in [0.15, 0.2) is 5.76 Å². The fourth-order valence-electron chi connectivity index (χ4n) is 2.04. The van der Waals surface area contributed by atoms with Gasteiger partial charge in [0.1, 0.15) is 11.5 Å². The van der Waals surface area contributed by atoms with Crippen molar-refractivity contribution >= 4 is 0 Å². The number of nitrogens with zero attached hydrogens (tertiary/aromatic N) is 1. The summed E-state index contributed by atoms with van der Waals surface area (Å²) < 4.78 is 16.1. The van der Waals surface area contributed by atoms with Gasteiger partial charge in [-0.15, -0.1) is 0 Å². The summed E-state index contributed by atoms with van der Waals surface area (Å²) in [7, 11) is 3.27. The van der Waals surface area contributed by atoms with Gasteiger partial charge in [-0.1, -0.05) is 5.16 Å². The first-order valence-electron chi connectivity index (χ1n) is 6.07. The van der Waals surface area contributed by atoms with Crippen LogP contribution in [0.5, 0.6) is 11.5 Å². The van der Waals surface area contributed by atoms with Crippen molar-refractivity contribution in [2.45, 2.75) is 13.3 Å². The Bertz CT molecular complexity index is 564. The molecule has 2 rings (SSSR count). The number of aryl methyl sites for hydroxylation is 1. The van der Waals surface area contributed by atoms with Gasteiger partial charge in [0.25, 0.3) is 0 Å². The number of nitrogens with two attached hydrogens (primary N) is 1. The second-order valence-electron chi connectivity index (χ2n) is 4.24. The minimum Gasteiger partial charge on any atom is -0.496 e. The van der Waals surface area contributed by atoms with Crippen LogP contribution in [0.4, 0.5) is 0 Å². The largest absolute Gasteiger partial charge is 0.496 e. The van der Waals surface area contributed by atoms with Crippen LogP contribution in [0.2, 0.25) is 0 Å². The first-order chi connectivity index (χ1) is 9.21. The van der Waals surface area contributed by atoms with Crippen molar-refractivity contribution in [2.24, 2.45) is 5.73 Å². The minimum absolute atomic E-state index is 0.541. The summed E-state index contributed by atoms with van der Waals surface area (Å²) in [6.07, 6.45) is 2.39. The number of hydrogen-bond acceptors (Lipinski definition) is 5. The zero-order valence-corrected chi connectivity index (χ0v) is 11.4. The molecule has 0 amide bonds. The van der Waals surface area contributed by atoms with E-state index in [4.69, 9.17) is 19.7 Å². The topological polar surface area (TPSA) is 70.5 Å². The van der Waals surface area contributed by atoms with Crippen molar-refractivity contribution in [1.29, 1.82) is 0 Å². The molecule has 2 aromatic rings. The summed E-state index contributed by atoms with van der Waals surface area (Å²) in [5.41, 5.74) is 8.38. The molecule has 0 spiro atoms. The summed E-state index contributed by atoms with van der Waals surface area (Å²) in [6, 6.07) is 3.82. The SMILES string of the molecule is COc1cc(-c2oncc2CCN)c(OC)cc1C. The molecule has 1 aromatic heterocycles. The molecule has 0 aliphatic carbocycles. The molecule has 0 radical (unpaired) electrons. The molecule has 1 heterocycles. The maximum atomic E-state index is 5.59. The lowest BCUT2D eigenvalue weighted by atomic mass is 10.0. The second-order valence-corrected chi connectivity index (χ2v) is 4.24. The van der Waals surface area contributed by atoms with E-state index in [1.54, 1.807) is 20.4 Å². The van der Waals surface area contributed by atoms with Gasteiger partial charge in [0.2, 0.25) is 0 Å². The van der Waals surface area contributed by atoms with Crippen LogP contribution in [0.3, 0.4) is 0 Å². The minimum atomic E-state index is 0.541. The van der Waals surface area contributed by atoms with E-state index in [1.165, 1.54) is 0 Å². The van der Waals surface area contributed by atoms with Crippen LogP contribution in [-0.2, 0) is 6.42 Å². The third-order valence-corrected chi connectivity index (χ3v) is 3.02. The standard InChI is InChI=1S/C14H18N2O3/c1-9-6-13(18-3)11(7-12(9)17-2)14-10(4-5-15)8-16-19-14/h6-8H,4-5,15H2,1-3H3. The summed E-state index contributed by atoms with van der Waals surface area (Å²) in [5, 5.41) is 3.84. The summed E-state index contributed by atoms with van der Waals surface area (Å²) >= 11 is 0. The van der Waals surface area contributed by atoms with E-state index in [0.29, 0.717) is 18.7 Å². The molecule has 102 valence electrons. The van der Waals surface area contributed by atoms with Gasteiger partial charge in [-0.2, -0.15) is 0 Å². The quantitative estimate of drug-likeness (QED) is 0.894. The van der Waals surface area contributed by atoms with Crippen LogP contribution in [0.25, 0.3) is 11.3 Å². The number of rotatable bonds is 5. The predicted molar refractivity (Wildman–Crippen MR) is 72.5 cm³/mol. The lowest BCUT2D eigenvalue weighted by Gasteiger charge is -2.12. The van der Waals surface area contributed by atoms with E-state index >= 15 is 0 Å². The van der Waals surface area contributed by atoms with Gasteiger partial charge < -0.3 is 19.7 Å². The molecular weight excluding hydrogens is 244 g/mol. The number of aromatic nitrogens is 1. The van der Waals surface area contributed by atoms with Gasteiger partial charge in [0.05, 0.1) is 26.0 Å². The Kier molecular flexibility index (Phi) is 4.06. The maximum absolute atomic E-state index is 5.59. The molecule has 0 bridgehead atoms. The molecule has 0 saturated carbocycles. The number of hydrogen-bond donors (Lipinski definition) is 1. The lowest BCUT2D eigenvalue weighted by Crippen LogP contribution is -2.03. The van der Waals surface area contributed by atoms with E-state index in [-0.39, 0.29) is 0 Å². The number of benzene rings is 1. The molecule has 0 aliphatic heterocycles. The van der Waals surface area contributed by atoms with E-state index in [2.05, 4.69) is 5.16 Å². The lowest BCUT2D eigenvalue weighted by molar-refractivity contribution is 0.395. The molecule has 1 aromatic carbocycles. The predicted octanol–water partition coefficient (Wildman–Crippen LogP) is 2.17. The molecule has 0 unspecified atom stereocenters. The van der Waals surface area contributed by atoms with E-state index in [0.717, 1.165) is 28.2 Å². The number of methoxy groups -OCH3 is 2. The van der Waals surface area contributed by atoms with Crippen molar-refractivity contribution < 1.29 is 14.0 Å². The van der Waals surface area contributed by atoms with E-state index in [1.807, 2.05) is 19.1 Å². The zero-order valence-electron chi connectivity index (χ0n) is 11.4. The highest BCUT2D eigenvalue weighted by Crippen LogP contribution is 2.37. The number of ether oxygens (including phenoxy) is 2. The van der Waals surface area contributed by atoms with Gasteiger partial charge in [-0.3, -0.25) is 0 Å². The van der Waals surface area contributed by atoms with Gasteiger partial charge >= 0.3 is 0 Å². The first kappa shape index (κ1) is 13.4. The highest BCUT2D eigenvalue weighted by molar-refractivity contribution is 5.71. The Labute approximate surface area is 112 Å². The Balaban J connectivity index is 2.56. The van der Waals surface area contributed by atoms with Crippen LogP contribution >= 0.6 is 0 Å². The van der Waals surface area contributed by atoms with E-state index in [9.17, 15) is 0 Å². The summed E-state index contributed by atoms with van der Waals surface area (Å²) in [5.74, 6) is 2.19. The highest BCUT2D eigenvalue weighted by Gasteiger charge is 2.17. The van der Waals surface area contributed by atoms with Crippen molar-refractivity contribution in [2.75, 3.05) is 20.8 Å². The van der Waals surface area contributed by atoms with Crippen LogP contribution < -0.4 is 15.2 Å². The maximum Gasteiger partial charge on any atom is 0.173 e.